The Kier molecular flexibility index (Phi) is 48.8. The zero-order valence-corrected chi connectivity index (χ0v) is 34.5. The SMILES string of the molecule is CCCCCCCC/C=C\CCCCCCCCCCCC(=O)NCCN.CCCCCCCC/C=C\CCCCCCCCCCCC(=O)O. The van der Waals surface area contributed by atoms with E-state index in [1.54, 1.807) is 0 Å². The number of carboxylic acid groups (broad SMARTS) is 1. The predicted octanol–water partition coefficient (Wildman–Crippen LogP) is 14.3. The Bertz CT molecular complexity index is 736. The molecule has 0 aliphatic rings. The van der Waals surface area contributed by atoms with Crippen molar-refractivity contribution in [3.63, 3.8) is 0 Å². The molecule has 0 aliphatic heterocycles. The largest absolute Gasteiger partial charge is 0.481 e. The Morgan fingerprint density at radius 3 is 1.00 bits per heavy atom. The minimum Gasteiger partial charge on any atom is -0.481 e. The van der Waals surface area contributed by atoms with Crippen molar-refractivity contribution in [3.05, 3.63) is 24.3 Å². The van der Waals surface area contributed by atoms with Crippen LogP contribution in [0.2, 0.25) is 0 Å². The zero-order chi connectivity index (χ0) is 37.6. The quantitative estimate of drug-likeness (QED) is 0.0434. The number of hydrogen-bond donors (Lipinski definition) is 3. The summed E-state index contributed by atoms with van der Waals surface area (Å²) < 4.78 is 0. The van der Waals surface area contributed by atoms with Crippen molar-refractivity contribution in [3.8, 4) is 0 Å². The third kappa shape index (κ3) is 52.8. The van der Waals surface area contributed by atoms with E-state index in [2.05, 4.69) is 43.5 Å². The average Bonchev–Trinajstić information content (AvgIpc) is 3.12. The number of rotatable bonds is 40. The van der Waals surface area contributed by atoms with E-state index >= 15 is 0 Å². The van der Waals surface area contributed by atoms with Crippen LogP contribution in [0.3, 0.4) is 0 Å². The van der Waals surface area contributed by atoms with Crippen molar-refractivity contribution >= 4 is 11.9 Å². The molecular weight excluding hydrogens is 629 g/mol. The van der Waals surface area contributed by atoms with E-state index in [9.17, 15) is 9.59 Å². The summed E-state index contributed by atoms with van der Waals surface area (Å²) in [5.41, 5.74) is 5.36. The van der Waals surface area contributed by atoms with Crippen LogP contribution in [-0.4, -0.2) is 30.1 Å². The second-order valence-corrected chi connectivity index (χ2v) is 15.0. The van der Waals surface area contributed by atoms with Gasteiger partial charge in [0, 0.05) is 25.9 Å². The molecule has 5 heteroatoms. The van der Waals surface area contributed by atoms with Crippen LogP contribution in [0, 0.1) is 0 Å². The fourth-order valence-electron chi connectivity index (χ4n) is 6.42. The third-order valence-corrected chi connectivity index (χ3v) is 9.78. The Hall–Kier alpha value is -1.62. The molecule has 0 atom stereocenters. The number of allylic oxidation sites excluding steroid dienone is 4. The van der Waals surface area contributed by atoms with Crippen molar-refractivity contribution in [1.82, 2.24) is 5.32 Å². The van der Waals surface area contributed by atoms with Crippen LogP contribution < -0.4 is 11.1 Å². The number of carbonyl (C=O) groups is 2. The van der Waals surface area contributed by atoms with E-state index in [0.29, 0.717) is 25.9 Å². The van der Waals surface area contributed by atoms with Gasteiger partial charge >= 0.3 is 5.97 Å². The smallest absolute Gasteiger partial charge is 0.303 e. The number of hydrogen-bond acceptors (Lipinski definition) is 3. The first-order valence-electron chi connectivity index (χ1n) is 22.6. The highest BCUT2D eigenvalue weighted by atomic mass is 16.4. The summed E-state index contributed by atoms with van der Waals surface area (Å²) in [7, 11) is 0. The van der Waals surface area contributed by atoms with Gasteiger partial charge in [-0.1, -0.05) is 192 Å². The van der Waals surface area contributed by atoms with Crippen LogP contribution in [0.25, 0.3) is 0 Å². The van der Waals surface area contributed by atoms with Gasteiger partial charge in [0.15, 0.2) is 0 Å². The van der Waals surface area contributed by atoms with Gasteiger partial charge in [0.2, 0.25) is 5.91 Å². The van der Waals surface area contributed by atoms with Crippen molar-refractivity contribution in [2.75, 3.05) is 13.1 Å². The fraction of sp³-hybridized carbons (Fsp3) is 0.870. The monoisotopic (exact) mass is 719 g/mol. The molecule has 4 N–H and O–H groups in total. The van der Waals surface area contributed by atoms with Crippen LogP contribution >= 0.6 is 0 Å². The van der Waals surface area contributed by atoms with Crippen LogP contribution in [0.1, 0.15) is 245 Å². The molecule has 0 aliphatic carbocycles. The lowest BCUT2D eigenvalue weighted by atomic mass is 10.1. The van der Waals surface area contributed by atoms with E-state index in [4.69, 9.17) is 10.8 Å². The number of amides is 1. The Morgan fingerprint density at radius 1 is 0.431 bits per heavy atom. The molecule has 5 nitrogen and oxygen atoms in total. The third-order valence-electron chi connectivity index (χ3n) is 9.78. The molecule has 302 valence electrons. The Balaban J connectivity index is 0. The first-order valence-corrected chi connectivity index (χ1v) is 22.6. The van der Waals surface area contributed by atoms with Crippen molar-refractivity contribution in [2.45, 2.75) is 245 Å². The summed E-state index contributed by atoms with van der Waals surface area (Å²) in [4.78, 5) is 21.8. The lowest BCUT2D eigenvalue weighted by molar-refractivity contribution is -0.137. The van der Waals surface area contributed by atoms with Gasteiger partial charge in [-0.05, 0) is 64.2 Å². The molecule has 0 radical (unpaired) electrons. The van der Waals surface area contributed by atoms with Gasteiger partial charge in [-0.25, -0.2) is 0 Å². The van der Waals surface area contributed by atoms with Crippen LogP contribution in [-0.2, 0) is 9.59 Å². The van der Waals surface area contributed by atoms with Crippen LogP contribution in [0.5, 0.6) is 0 Å². The van der Waals surface area contributed by atoms with Crippen molar-refractivity contribution in [2.24, 2.45) is 5.73 Å². The maximum absolute atomic E-state index is 11.4. The standard InChI is InChI=1S/C24H48N2O.C22H42O2/c1-2-3-4-5-6-7-8-9-10-11-12-13-14-15-16-17-18-19-20-21-24(27)26-23-22-25;1-2-3-4-5-6-7-8-9-10-11-12-13-14-15-16-17-18-19-20-21-22(23)24/h9-10H,2-8,11-23,25H2,1H3,(H,26,27);9-10H,2-8,11-21H2,1H3,(H,23,24)/b2*10-9-. The van der Waals surface area contributed by atoms with Crippen molar-refractivity contribution < 1.29 is 14.7 Å². The Morgan fingerprint density at radius 2 is 0.706 bits per heavy atom. The fourth-order valence-corrected chi connectivity index (χ4v) is 6.42. The van der Waals surface area contributed by atoms with E-state index in [1.165, 1.54) is 199 Å². The molecule has 0 aromatic heterocycles. The Labute approximate surface area is 319 Å². The maximum atomic E-state index is 11.4. The number of nitrogens with two attached hydrogens (primary N) is 1. The molecular formula is C46H90N2O3. The van der Waals surface area contributed by atoms with E-state index in [1.807, 2.05) is 0 Å². The number of carbonyl (C=O) groups excluding carboxylic acids is 1. The second kappa shape index (κ2) is 48.4. The highest BCUT2D eigenvalue weighted by Gasteiger charge is 2.00. The van der Waals surface area contributed by atoms with Gasteiger partial charge in [-0.3, -0.25) is 9.59 Å². The van der Waals surface area contributed by atoms with Gasteiger partial charge in [0.05, 0.1) is 0 Å². The zero-order valence-electron chi connectivity index (χ0n) is 34.5. The topological polar surface area (TPSA) is 92.4 Å². The molecule has 0 rings (SSSR count). The minimum absolute atomic E-state index is 0.154. The first kappa shape index (κ1) is 51.5. The molecule has 0 bridgehead atoms. The number of unbranched alkanes of at least 4 members (excludes halogenated alkanes) is 30. The number of carboxylic acids is 1. The highest BCUT2D eigenvalue weighted by Crippen LogP contribution is 2.14. The summed E-state index contributed by atoms with van der Waals surface area (Å²) in [6, 6.07) is 0. The van der Waals surface area contributed by atoms with Gasteiger partial charge in [-0.2, -0.15) is 0 Å². The van der Waals surface area contributed by atoms with Gasteiger partial charge < -0.3 is 16.2 Å². The molecule has 0 spiro atoms. The first-order chi connectivity index (χ1) is 25.1. The summed E-state index contributed by atoms with van der Waals surface area (Å²) in [5.74, 6) is -0.502. The number of nitrogens with one attached hydrogen (secondary N) is 1. The molecule has 0 saturated heterocycles. The molecule has 0 aromatic rings. The number of aliphatic carboxylic acids is 1. The lowest BCUT2D eigenvalue weighted by Gasteiger charge is -2.04. The summed E-state index contributed by atoms with van der Waals surface area (Å²) in [6.07, 6.45) is 55.1. The average molecular weight is 719 g/mol. The summed E-state index contributed by atoms with van der Waals surface area (Å²) >= 11 is 0. The molecule has 0 unspecified atom stereocenters. The van der Waals surface area contributed by atoms with Gasteiger partial charge in [0.25, 0.3) is 0 Å². The van der Waals surface area contributed by atoms with E-state index < -0.39 is 5.97 Å². The van der Waals surface area contributed by atoms with E-state index in [0.717, 1.165) is 19.3 Å². The predicted molar refractivity (Wildman–Crippen MR) is 226 cm³/mol. The van der Waals surface area contributed by atoms with Crippen LogP contribution in [0.4, 0.5) is 0 Å². The summed E-state index contributed by atoms with van der Waals surface area (Å²) in [6.45, 7) is 5.68. The van der Waals surface area contributed by atoms with Crippen molar-refractivity contribution in [1.29, 1.82) is 0 Å². The van der Waals surface area contributed by atoms with Gasteiger partial charge in [0.1, 0.15) is 0 Å². The van der Waals surface area contributed by atoms with Gasteiger partial charge in [-0.15, -0.1) is 0 Å². The molecule has 0 heterocycles. The second-order valence-electron chi connectivity index (χ2n) is 15.0. The maximum Gasteiger partial charge on any atom is 0.303 e. The normalized spacial score (nSPS) is 11.4. The molecule has 0 aromatic carbocycles. The molecule has 0 fully saturated rings. The van der Waals surface area contributed by atoms with Crippen LogP contribution in [0.15, 0.2) is 24.3 Å². The highest BCUT2D eigenvalue weighted by molar-refractivity contribution is 5.75. The molecule has 1 amide bonds. The molecule has 0 saturated carbocycles. The minimum atomic E-state index is -0.656. The lowest BCUT2D eigenvalue weighted by Crippen LogP contribution is -2.28. The van der Waals surface area contributed by atoms with E-state index in [-0.39, 0.29) is 5.91 Å². The summed E-state index contributed by atoms with van der Waals surface area (Å²) in [5, 5.41) is 11.4. The molecule has 51 heavy (non-hydrogen) atoms.